The highest BCUT2D eigenvalue weighted by Gasteiger charge is 2.30. The summed E-state index contributed by atoms with van der Waals surface area (Å²) in [7, 11) is 1.64. The van der Waals surface area contributed by atoms with E-state index in [1.54, 1.807) is 7.11 Å². The van der Waals surface area contributed by atoms with Crippen molar-refractivity contribution in [2.75, 3.05) is 38.2 Å². The molecule has 28 heavy (non-hydrogen) atoms. The largest absolute Gasteiger partial charge is 0.497 e. The fourth-order valence-corrected chi connectivity index (χ4v) is 4.10. The molecule has 0 spiro atoms. The Labute approximate surface area is 163 Å². The molecule has 0 aliphatic carbocycles. The van der Waals surface area contributed by atoms with Gasteiger partial charge < -0.3 is 14.2 Å². The maximum atomic E-state index is 5.45. The van der Waals surface area contributed by atoms with Crippen molar-refractivity contribution in [3.8, 4) is 28.6 Å². The molecule has 3 aromatic rings. The Bertz CT molecular complexity index is 938. The molecule has 2 fully saturated rings. The number of pyridine rings is 1. The Morgan fingerprint density at radius 3 is 2.68 bits per heavy atom. The lowest BCUT2D eigenvalue weighted by Gasteiger charge is -2.38. The highest BCUT2D eigenvalue weighted by atomic mass is 16.5. The molecular formula is C21H23N5O2. The van der Waals surface area contributed by atoms with E-state index in [-0.39, 0.29) is 0 Å². The van der Waals surface area contributed by atoms with Gasteiger partial charge in [-0.2, -0.15) is 4.98 Å². The van der Waals surface area contributed by atoms with Gasteiger partial charge in [-0.1, -0.05) is 5.16 Å². The molecule has 0 saturated carbocycles. The minimum absolute atomic E-state index is 0.477. The predicted octanol–water partition coefficient (Wildman–Crippen LogP) is 3.09. The van der Waals surface area contributed by atoms with Gasteiger partial charge in [0, 0.05) is 37.4 Å². The standard InChI is InChI=1S/C21H23N5O2/c1-27-18-7-4-15(5-8-18)20-23-21(28-24-20)16-6-9-19(22-13-16)26-12-11-25-10-2-3-17(25)14-26/h4-9,13,17H,2-3,10-12,14H2,1H3/t17-/m1/s1. The van der Waals surface area contributed by atoms with E-state index < -0.39 is 0 Å². The third kappa shape index (κ3) is 3.22. The fraction of sp³-hybridized carbons (Fsp3) is 0.381. The Kier molecular flexibility index (Phi) is 4.44. The highest BCUT2D eigenvalue weighted by molar-refractivity contribution is 5.61. The van der Waals surface area contributed by atoms with Crippen LogP contribution in [0.4, 0.5) is 5.82 Å². The molecule has 2 aromatic heterocycles. The van der Waals surface area contributed by atoms with Crippen LogP contribution in [-0.2, 0) is 0 Å². The highest BCUT2D eigenvalue weighted by Crippen LogP contribution is 2.27. The average Bonchev–Trinajstić information content (AvgIpc) is 3.43. The molecular weight excluding hydrogens is 354 g/mol. The summed E-state index contributed by atoms with van der Waals surface area (Å²) in [5, 5.41) is 4.10. The van der Waals surface area contributed by atoms with Gasteiger partial charge in [0.05, 0.1) is 12.7 Å². The molecule has 4 heterocycles. The van der Waals surface area contributed by atoms with E-state index in [2.05, 4.69) is 31.0 Å². The van der Waals surface area contributed by atoms with Crippen LogP contribution in [0, 0.1) is 0 Å². The van der Waals surface area contributed by atoms with Crippen molar-refractivity contribution in [2.45, 2.75) is 18.9 Å². The van der Waals surface area contributed by atoms with Crippen LogP contribution in [0.2, 0.25) is 0 Å². The first-order valence-corrected chi connectivity index (χ1v) is 9.74. The first-order valence-electron chi connectivity index (χ1n) is 9.74. The molecule has 0 N–H and O–H groups in total. The van der Waals surface area contributed by atoms with E-state index in [9.17, 15) is 0 Å². The second-order valence-corrected chi connectivity index (χ2v) is 7.33. The smallest absolute Gasteiger partial charge is 0.259 e. The predicted molar refractivity (Wildman–Crippen MR) is 106 cm³/mol. The zero-order valence-corrected chi connectivity index (χ0v) is 15.9. The third-order valence-corrected chi connectivity index (χ3v) is 5.68. The number of benzene rings is 1. The Morgan fingerprint density at radius 1 is 1.04 bits per heavy atom. The molecule has 0 unspecified atom stereocenters. The van der Waals surface area contributed by atoms with Crippen LogP contribution in [-0.4, -0.2) is 59.4 Å². The van der Waals surface area contributed by atoms with Crippen LogP contribution in [0.15, 0.2) is 47.1 Å². The summed E-state index contributed by atoms with van der Waals surface area (Å²) in [6, 6.07) is 12.3. The fourth-order valence-electron chi connectivity index (χ4n) is 4.10. The van der Waals surface area contributed by atoms with Crippen LogP contribution in [0.3, 0.4) is 0 Å². The summed E-state index contributed by atoms with van der Waals surface area (Å²) in [6.45, 7) is 4.47. The number of methoxy groups -OCH3 is 1. The summed E-state index contributed by atoms with van der Waals surface area (Å²) in [5.74, 6) is 2.85. The normalized spacial score (nSPS) is 19.6. The molecule has 0 bridgehead atoms. The topological polar surface area (TPSA) is 67.5 Å². The summed E-state index contributed by atoms with van der Waals surface area (Å²) < 4.78 is 10.6. The molecule has 5 rings (SSSR count). The van der Waals surface area contributed by atoms with Crippen molar-refractivity contribution in [2.24, 2.45) is 0 Å². The lowest BCUT2D eigenvalue weighted by atomic mass is 10.1. The maximum Gasteiger partial charge on any atom is 0.259 e. The molecule has 1 atom stereocenters. The molecule has 7 nitrogen and oxygen atoms in total. The van der Waals surface area contributed by atoms with Crippen molar-refractivity contribution in [1.29, 1.82) is 0 Å². The molecule has 0 radical (unpaired) electrons. The van der Waals surface area contributed by atoms with E-state index in [0.29, 0.717) is 17.8 Å². The van der Waals surface area contributed by atoms with Crippen LogP contribution in [0.25, 0.3) is 22.8 Å². The van der Waals surface area contributed by atoms with E-state index in [0.717, 1.165) is 42.3 Å². The second-order valence-electron chi connectivity index (χ2n) is 7.33. The van der Waals surface area contributed by atoms with Gasteiger partial charge in [-0.25, -0.2) is 4.98 Å². The van der Waals surface area contributed by atoms with Gasteiger partial charge >= 0.3 is 0 Å². The van der Waals surface area contributed by atoms with E-state index in [1.165, 1.54) is 19.4 Å². The number of nitrogens with zero attached hydrogens (tertiary/aromatic N) is 5. The zero-order valence-electron chi connectivity index (χ0n) is 15.9. The van der Waals surface area contributed by atoms with Gasteiger partial charge in [0.2, 0.25) is 5.82 Å². The van der Waals surface area contributed by atoms with Crippen molar-refractivity contribution >= 4 is 5.82 Å². The third-order valence-electron chi connectivity index (χ3n) is 5.68. The minimum Gasteiger partial charge on any atom is -0.497 e. The van der Waals surface area contributed by atoms with Gasteiger partial charge in [0.25, 0.3) is 5.89 Å². The summed E-state index contributed by atoms with van der Waals surface area (Å²) >= 11 is 0. The summed E-state index contributed by atoms with van der Waals surface area (Å²) in [5.41, 5.74) is 1.71. The average molecular weight is 377 g/mol. The van der Waals surface area contributed by atoms with Crippen molar-refractivity contribution in [3.63, 3.8) is 0 Å². The zero-order chi connectivity index (χ0) is 18.9. The first-order chi connectivity index (χ1) is 13.8. The van der Waals surface area contributed by atoms with Crippen LogP contribution in [0.5, 0.6) is 5.75 Å². The Hall–Kier alpha value is -2.93. The SMILES string of the molecule is COc1ccc(-c2noc(-c3ccc(N4CCN5CCC[C@@H]5C4)nc3)n2)cc1. The molecule has 2 aliphatic rings. The van der Waals surface area contributed by atoms with Gasteiger partial charge in [0.15, 0.2) is 0 Å². The number of hydrogen-bond acceptors (Lipinski definition) is 7. The van der Waals surface area contributed by atoms with Crippen LogP contribution >= 0.6 is 0 Å². The van der Waals surface area contributed by atoms with Crippen molar-refractivity contribution < 1.29 is 9.26 Å². The van der Waals surface area contributed by atoms with Crippen molar-refractivity contribution in [3.05, 3.63) is 42.6 Å². The Balaban J connectivity index is 1.31. The molecule has 0 amide bonds. The number of aromatic nitrogens is 3. The van der Waals surface area contributed by atoms with Crippen LogP contribution in [0.1, 0.15) is 12.8 Å². The quantitative estimate of drug-likeness (QED) is 0.692. The van der Waals surface area contributed by atoms with E-state index >= 15 is 0 Å². The number of ether oxygens (including phenoxy) is 1. The number of anilines is 1. The van der Waals surface area contributed by atoms with Crippen molar-refractivity contribution in [1.82, 2.24) is 20.0 Å². The molecule has 2 saturated heterocycles. The molecule has 2 aliphatic heterocycles. The van der Waals surface area contributed by atoms with E-state index in [1.807, 2.05) is 36.5 Å². The van der Waals surface area contributed by atoms with Gasteiger partial charge in [-0.05, 0) is 55.8 Å². The lowest BCUT2D eigenvalue weighted by Crippen LogP contribution is -2.50. The number of rotatable bonds is 4. The van der Waals surface area contributed by atoms with E-state index in [4.69, 9.17) is 9.26 Å². The number of hydrogen-bond donors (Lipinski definition) is 0. The van der Waals surface area contributed by atoms with Crippen LogP contribution < -0.4 is 9.64 Å². The molecule has 1 aromatic carbocycles. The maximum absolute atomic E-state index is 5.45. The molecule has 7 heteroatoms. The lowest BCUT2D eigenvalue weighted by molar-refractivity contribution is 0.230. The summed E-state index contributed by atoms with van der Waals surface area (Å²) in [4.78, 5) is 14.2. The number of piperazine rings is 1. The number of fused-ring (bicyclic) bond motifs is 1. The second kappa shape index (κ2) is 7.24. The Morgan fingerprint density at radius 2 is 1.89 bits per heavy atom. The monoisotopic (exact) mass is 377 g/mol. The minimum atomic E-state index is 0.477. The summed E-state index contributed by atoms with van der Waals surface area (Å²) in [6.07, 6.45) is 4.44. The first kappa shape index (κ1) is 17.2. The van der Waals surface area contributed by atoms with Gasteiger partial charge in [-0.3, -0.25) is 4.90 Å². The van der Waals surface area contributed by atoms with Gasteiger partial charge in [0.1, 0.15) is 11.6 Å². The molecule has 144 valence electrons. The van der Waals surface area contributed by atoms with Gasteiger partial charge in [-0.15, -0.1) is 0 Å².